The van der Waals surface area contributed by atoms with Crippen molar-refractivity contribution in [2.24, 2.45) is 10.3 Å². The minimum absolute atomic E-state index is 0.0401. The van der Waals surface area contributed by atoms with E-state index in [0.717, 1.165) is 0 Å². The average molecular weight is 244 g/mol. The molecule has 5 nitrogen and oxygen atoms in total. The SMILES string of the molecule is OCCN(CCO)N=Nc1ccccc1Cl. The van der Waals surface area contributed by atoms with Crippen LogP contribution in [0.2, 0.25) is 5.02 Å². The number of halogens is 1. The van der Waals surface area contributed by atoms with Gasteiger partial charge < -0.3 is 10.2 Å². The maximum atomic E-state index is 8.76. The van der Waals surface area contributed by atoms with Crippen LogP contribution in [0.25, 0.3) is 0 Å². The summed E-state index contributed by atoms with van der Waals surface area (Å²) in [7, 11) is 0. The van der Waals surface area contributed by atoms with Crippen molar-refractivity contribution in [3.8, 4) is 0 Å². The Bertz CT molecular complexity index is 341. The van der Waals surface area contributed by atoms with E-state index in [0.29, 0.717) is 23.8 Å². The fourth-order valence-electron chi connectivity index (χ4n) is 1.08. The van der Waals surface area contributed by atoms with Gasteiger partial charge >= 0.3 is 0 Å². The van der Waals surface area contributed by atoms with Crippen molar-refractivity contribution >= 4 is 17.3 Å². The molecule has 2 N–H and O–H groups in total. The summed E-state index contributed by atoms with van der Waals surface area (Å²) in [5.74, 6) is 0. The third-order valence-corrected chi connectivity index (χ3v) is 2.17. The maximum absolute atomic E-state index is 8.76. The summed E-state index contributed by atoms with van der Waals surface area (Å²) in [6.45, 7) is 0.576. The third kappa shape index (κ3) is 4.14. The highest BCUT2D eigenvalue weighted by Gasteiger charge is 2.00. The van der Waals surface area contributed by atoms with E-state index in [2.05, 4.69) is 10.3 Å². The van der Waals surface area contributed by atoms with E-state index in [1.165, 1.54) is 5.01 Å². The fraction of sp³-hybridized carbons (Fsp3) is 0.400. The Hall–Kier alpha value is -1.17. The molecule has 1 aromatic carbocycles. The molecule has 0 spiro atoms. The minimum atomic E-state index is -0.0401. The van der Waals surface area contributed by atoms with Gasteiger partial charge in [-0.3, -0.25) is 5.01 Å². The predicted octanol–water partition coefficient (Wildman–Crippen LogP) is 1.63. The summed E-state index contributed by atoms with van der Waals surface area (Å²) in [6.07, 6.45) is 0. The van der Waals surface area contributed by atoms with Gasteiger partial charge in [0.15, 0.2) is 0 Å². The van der Waals surface area contributed by atoms with Crippen LogP contribution in [0.3, 0.4) is 0 Å². The molecule has 0 aliphatic heterocycles. The van der Waals surface area contributed by atoms with Gasteiger partial charge in [0.1, 0.15) is 5.69 Å². The van der Waals surface area contributed by atoms with Gasteiger partial charge in [0.2, 0.25) is 0 Å². The second kappa shape index (κ2) is 7.16. The number of aliphatic hydroxyl groups is 2. The highest BCUT2D eigenvalue weighted by atomic mass is 35.5. The molecule has 0 saturated heterocycles. The Balaban J connectivity index is 2.66. The number of hydrogen-bond acceptors (Lipinski definition) is 4. The van der Waals surface area contributed by atoms with Crippen LogP contribution in [0.5, 0.6) is 0 Å². The molecule has 0 aliphatic carbocycles. The second-order valence-corrected chi connectivity index (χ2v) is 3.45. The van der Waals surface area contributed by atoms with Gasteiger partial charge in [-0.05, 0) is 12.1 Å². The summed E-state index contributed by atoms with van der Waals surface area (Å²) in [4.78, 5) is 0. The first kappa shape index (κ1) is 12.9. The smallest absolute Gasteiger partial charge is 0.106 e. The van der Waals surface area contributed by atoms with Gasteiger partial charge in [0.05, 0.1) is 31.3 Å². The van der Waals surface area contributed by atoms with E-state index < -0.39 is 0 Å². The van der Waals surface area contributed by atoms with Crippen molar-refractivity contribution in [2.75, 3.05) is 26.3 Å². The van der Waals surface area contributed by atoms with Crippen LogP contribution in [0.1, 0.15) is 0 Å². The lowest BCUT2D eigenvalue weighted by molar-refractivity contribution is 0.158. The van der Waals surface area contributed by atoms with Crippen molar-refractivity contribution in [1.82, 2.24) is 5.01 Å². The molecule has 0 amide bonds. The fourth-order valence-corrected chi connectivity index (χ4v) is 1.25. The largest absolute Gasteiger partial charge is 0.394 e. The van der Waals surface area contributed by atoms with Gasteiger partial charge in [0, 0.05) is 0 Å². The molecule has 16 heavy (non-hydrogen) atoms. The van der Waals surface area contributed by atoms with Gasteiger partial charge in [0.25, 0.3) is 0 Å². The van der Waals surface area contributed by atoms with Gasteiger partial charge in [-0.2, -0.15) is 0 Å². The molecular formula is C10H14ClN3O2. The average Bonchev–Trinajstić information content (AvgIpc) is 2.28. The molecule has 0 heterocycles. The molecule has 0 atom stereocenters. The number of aliphatic hydroxyl groups excluding tert-OH is 2. The molecule has 88 valence electrons. The monoisotopic (exact) mass is 243 g/mol. The summed E-state index contributed by atoms with van der Waals surface area (Å²) >= 11 is 5.89. The Morgan fingerprint density at radius 2 is 1.75 bits per heavy atom. The predicted molar refractivity (Wildman–Crippen MR) is 61.7 cm³/mol. The van der Waals surface area contributed by atoms with E-state index in [1.807, 2.05) is 6.07 Å². The molecule has 0 aromatic heterocycles. The van der Waals surface area contributed by atoms with Gasteiger partial charge in [-0.25, -0.2) is 0 Å². The van der Waals surface area contributed by atoms with Crippen LogP contribution in [0.4, 0.5) is 5.69 Å². The number of hydrogen-bond donors (Lipinski definition) is 2. The molecule has 6 heteroatoms. The van der Waals surface area contributed by atoms with Crippen LogP contribution >= 0.6 is 11.6 Å². The summed E-state index contributed by atoms with van der Waals surface area (Å²) in [6, 6.07) is 7.07. The lowest BCUT2D eigenvalue weighted by atomic mass is 10.3. The number of rotatable bonds is 6. The quantitative estimate of drug-likeness (QED) is 0.589. The molecule has 0 unspecified atom stereocenters. The van der Waals surface area contributed by atoms with E-state index in [4.69, 9.17) is 21.8 Å². The first-order valence-corrected chi connectivity index (χ1v) is 5.28. The van der Waals surface area contributed by atoms with Crippen molar-refractivity contribution in [1.29, 1.82) is 0 Å². The number of nitrogens with zero attached hydrogens (tertiary/aromatic N) is 3. The second-order valence-electron chi connectivity index (χ2n) is 3.04. The molecule has 1 rings (SSSR count). The van der Waals surface area contributed by atoms with Gasteiger partial charge in [-0.1, -0.05) is 29.0 Å². The summed E-state index contributed by atoms with van der Waals surface area (Å²) < 4.78 is 0. The summed E-state index contributed by atoms with van der Waals surface area (Å²) in [5.41, 5.74) is 0.560. The highest BCUT2D eigenvalue weighted by Crippen LogP contribution is 2.23. The van der Waals surface area contributed by atoms with Crippen molar-refractivity contribution in [3.05, 3.63) is 29.3 Å². The Morgan fingerprint density at radius 1 is 1.12 bits per heavy atom. The molecule has 0 aliphatic rings. The zero-order valence-corrected chi connectivity index (χ0v) is 9.51. The topological polar surface area (TPSA) is 68.4 Å². The van der Waals surface area contributed by atoms with Crippen molar-refractivity contribution < 1.29 is 10.2 Å². The van der Waals surface area contributed by atoms with E-state index in [9.17, 15) is 0 Å². The van der Waals surface area contributed by atoms with Crippen LogP contribution in [-0.4, -0.2) is 41.5 Å². The van der Waals surface area contributed by atoms with E-state index in [-0.39, 0.29) is 13.2 Å². The molecule has 1 aromatic rings. The minimum Gasteiger partial charge on any atom is -0.394 e. The van der Waals surface area contributed by atoms with Crippen LogP contribution in [-0.2, 0) is 0 Å². The lowest BCUT2D eigenvalue weighted by Crippen LogP contribution is -2.24. The van der Waals surface area contributed by atoms with Crippen LogP contribution in [0.15, 0.2) is 34.6 Å². The number of benzene rings is 1. The zero-order chi connectivity index (χ0) is 11.8. The summed E-state index contributed by atoms with van der Waals surface area (Å²) in [5, 5.41) is 27.3. The Morgan fingerprint density at radius 3 is 2.31 bits per heavy atom. The van der Waals surface area contributed by atoms with Crippen molar-refractivity contribution in [3.63, 3.8) is 0 Å². The Kier molecular flexibility index (Phi) is 5.77. The Labute approximate surface area is 99.0 Å². The van der Waals surface area contributed by atoms with Crippen molar-refractivity contribution in [2.45, 2.75) is 0 Å². The van der Waals surface area contributed by atoms with E-state index >= 15 is 0 Å². The first-order chi connectivity index (χ1) is 7.77. The first-order valence-electron chi connectivity index (χ1n) is 4.90. The normalized spacial score (nSPS) is 10.9. The zero-order valence-electron chi connectivity index (χ0n) is 8.75. The highest BCUT2D eigenvalue weighted by molar-refractivity contribution is 6.32. The molecule has 0 radical (unpaired) electrons. The third-order valence-electron chi connectivity index (χ3n) is 1.85. The standard InChI is InChI=1S/C10H14ClN3O2/c11-9-3-1-2-4-10(9)12-13-14(5-7-15)6-8-16/h1-4,15-16H,5-8H2. The molecule has 0 fully saturated rings. The van der Waals surface area contributed by atoms with Crippen LogP contribution < -0.4 is 0 Å². The molecular weight excluding hydrogens is 230 g/mol. The van der Waals surface area contributed by atoms with E-state index in [1.54, 1.807) is 18.2 Å². The lowest BCUT2D eigenvalue weighted by Gasteiger charge is -2.14. The van der Waals surface area contributed by atoms with Gasteiger partial charge in [-0.15, -0.1) is 5.11 Å². The molecule has 0 saturated carbocycles. The van der Waals surface area contributed by atoms with Crippen LogP contribution in [0, 0.1) is 0 Å². The molecule has 0 bridgehead atoms. The maximum Gasteiger partial charge on any atom is 0.106 e.